The van der Waals surface area contributed by atoms with E-state index < -0.39 is 0 Å². The van der Waals surface area contributed by atoms with E-state index in [0.717, 1.165) is 15.8 Å². The molecule has 0 saturated carbocycles. The van der Waals surface area contributed by atoms with Gasteiger partial charge in [-0.3, -0.25) is 4.79 Å². The number of nitrogens with zero attached hydrogens (tertiary/aromatic N) is 1. The SMILES string of the molecule is CC1(C)c2ccccc2N(c2ccc(C(=O)c3ccccc3)cc2)c2cccc(Br)c21. The summed E-state index contributed by atoms with van der Waals surface area (Å²) >= 11 is 3.79. The molecule has 0 amide bonds. The summed E-state index contributed by atoms with van der Waals surface area (Å²) in [6.45, 7) is 4.54. The van der Waals surface area contributed by atoms with Crippen molar-refractivity contribution in [2.45, 2.75) is 19.3 Å². The first kappa shape index (κ1) is 19.8. The summed E-state index contributed by atoms with van der Waals surface area (Å²) in [5.74, 6) is 0.0375. The van der Waals surface area contributed by atoms with E-state index in [-0.39, 0.29) is 11.2 Å². The van der Waals surface area contributed by atoms with Crippen molar-refractivity contribution >= 4 is 38.8 Å². The molecule has 1 aliphatic heterocycles. The summed E-state index contributed by atoms with van der Waals surface area (Å²) in [7, 11) is 0. The van der Waals surface area contributed by atoms with Crippen LogP contribution in [0.3, 0.4) is 0 Å². The van der Waals surface area contributed by atoms with E-state index in [9.17, 15) is 4.79 Å². The maximum atomic E-state index is 12.8. The average Bonchev–Trinajstić information content (AvgIpc) is 2.80. The lowest BCUT2D eigenvalue weighted by molar-refractivity contribution is 0.103. The Balaban J connectivity index is 1.63. The van der Waals surface area contributed by atoms with Crippen LogP contribution in [0.5, 0.6) is 0 Å². The van der Waals surface area contributed by atoms with Crippen LogP contribution in [0, 0.1) is 0 Å². The molecular weight excluding hydrogens is 446 g/mol. The zero-order valence-corrected chi connectivity index (χ0v) is 19.1. The van der Waals surface area contributed by atoms with Gasteiger partial charge in [0.15, 0.2) is 5.78 Å². The molecule has 0 saturated heterocycles. The Morgan fingerprint density at radius 2 is 1.32 bits per heavy atom. The van der Waals surface area contributed by atoms with Crippen LogP contribution in [0.15, 0.2) is 102 Å². The summed E-state index contributed by atoms with van der Waals surface area (Å²) < 4.78 is 1.10. The minimum atomic E-state index is -0.133. The highest BCUT2D eigenvalue weighted by Gasteiger charge is 2.38. The first-order chi connectivity index (χ1) is 15.0. The van der Waals surface area contributed by atoms with Crippen LogP contribution in [0.2, 0.25) is 0 Å². The van der Waals surface area contributed by atoms with Crippen LogP contribution in [0.1, 0.15) is 40.9 Å². The molecule has 0 fully saturated rings. The smallest absolute Gasteiger partial charge is 0.193 e. The number of para-hydroxylation sites is 1. The number of anilines is 3. The maximum absolute atomic E-state index is 12.8. The molecule has 1 aliphatic rings. The number of benzene rings is 4. The molecule has 3 heteroatoms. The molecule has 0 atom stereocenters. The number of carbonyl (C=O) groups excluding carboxylic acids is 1. The van der Waals surface area contributed by atoms with Crippen LogP contribution in [-0.4, -0.2) is 5.78 Å². The molecule has 1 heterocycles. The number of ketones is 1. The normalized spacial score (nSPS) is 14.0. The Hall–Kier alpha value is -3.17. The Kier molecular flexibility index (Phi) is 4.79. The van der Waals surface area contributed by atoms with Crippen LogP contribution < -0.4 is 4.90 Å². The molecule has 5 rings (SSSR count). The second kappa shape index (κ2) is 7.51. The fraction of sp³-hybridized carbons (Fsp3) is 0.107. The number of rotatable bonds is 3. The number of hydrogen-bond donors (Lipinski definition) is 0. The predicted octanol–water partition coefficient (Wildman–Crippen LogP) is 7.79. The number of fused-ring (bicyclic) bond motifs is 2. The highest BCUT2D eigenvalue weighted by Crippen LogP contribution is 2.53. The van der Waals surface area contributed by atoms with Gasteiger partial charge in [0.2, 0.25) is 0 Å². The van der Waals surface area contributed by atoms with Gasteiger partial charge < -0.3 is 4.90 Å². The first-order valence-electron chi connectivity index (χ1n) is 10.4. The Bertz CT molecular complexity index is 1280. The summed E-state index contributed by atoms with van der Waals surface area (Å²) in [6, 6.07) is 32.2. The Labute approximate surface area is 191 Å². The van der Waals surface area contributed by atoms with Gasteiger partial charge in [0.05, 0.1) is 11.4 Å². The monoisotopic (exact) mass is 467 g/mol. The standard InChI is InChI=1S/C28H22BrNO/c1-28(2)22-11-6-7-13-24(22)30(25-14-8-12-23(29)26(25)28)21-17-15-20(16-18-21)27(31)19-9-4-3-5-10-19/h3-18H,1-2H3. The summed E-state index contributed by atoms with van der Waals surface area (Å²) in [4.78, 5) is 15.1. The van der Waals surface area contributed by atoms with Gasteiger partial charge in [-0.05, 0) is 48.0 Å². The topological polar surface area (TPSA) is 20.3 Å². The predicted molar refractivity (Wildman–Crippen MR) is 131 cm³/mol. The molecule has 0 aromatic heterocycles. The minimum Gasteiger partial charge on any atom is -0.310 e. The van der Waals surface area contributed by atoms with Gasteiger partial charge in [-0.15, -0.1) is 0 Å². The van der Waals surface area contributed by atoms with Crippen molar-refractivity contribution in [1.82, 2.24) is 0 Å². The maximum Gasteiger partial charge on any atom is 0.193 e. The molecule has 4 aromatic rings. The van der Waals surface area contributed by atoms with Gasteiger partial charge in [0, 0.05) is 32.3 Å². The van der Waals surface area contributed by atoms with Gasteiger partial charge in [0.1, 0.15) is 0 Å². The van der Waals surface area contributed by atoms with Crippen molar-refractivity contribution < 1.29 is 4.79 Å². The van der Waals surface area contributed by atoms with Crippen LogP contribution in [0.4, 0.5) is 17.1 Å². The molecule has 0 unspecified atom stereocenters. The molecule has 0 aliphatic carbocycles. The van der Waals surface area contributed by atoms with Crippen molar-refractivity contribution in [2.75, 3.05) is 4.90 Å². The molecule has 152 valence electrons. The third-order valence-electron chi connectivity index (χ3n) is 6.10. The van der Waals surface area contributed by atoms with E-state index in [2.05, 4.69) is 77.1 Å². The summed E-state index contributed by atoms with van der Waals surface area (Å²) in [6.07, 6.45) is 0. The van der Waals surface area contributed by atoms with E-state index in [1.165, 1.54) is 16.8 Å². The van der Waals surface area contributed by atoms with E-state index in [0.29, 0.717) is 11.1 Å². The average molecular weight is 468 g/mol. The summed E-state index contributed by atoms with van der Waals surface area (Å²) in [5.41, 5.74) is 7.15. The quantitative estimate of drug-likeness (QED) is 0.286. The van der Waals surface area contributed by atoms with Gasteiger partial charge in [-0.25, -0.2) is 0 Å². The highest BCUT2D eigenvalue weighted by atomic mass is 79.9. The molecule has 0 bridgehead atoms. The van der Waals surface area contributed by atoms with Crippen LogP contribution in [0.25, 0.3) is 0 Å². The fourth-order valence-corrected chi connectivity index (χ4v) is 5.43. The van der Waals surface area contributed by atoms with Crippen molar-refractivity contribution in [2.24, 2.45) is 0 Å². The summed E-state index contributed by atoms with van der Waals surface area (Å²) in [5, 5.41) is 0. The highest BCUT2D eigenvalue weighted by molar-refractivity contribution is 9.10. The molecule has 2 nitrogen and oxygen atoms in total. The zero-order chi connectivity index (χ0) is 21.6. The molecule has 0 radical (unpaired) electrons. The van der Waals surface area contributed by atoms with E-state index >= 15 is 0 Å². The lowest BCUT2D eigenvalue weighted by Gasteiger charge is -2.42. The third kappa shape index (κ3) is 3.21. The second-order valence-electron chi connectivity index (χ2n) is 8.35. The molecule has 4 aromatic carbocycles. The Morgan fingerprint density at radius 3 is 2.06 bits per heavy atom. The number of halogens is 1. The van der Waals surface area contributed by atoms with Crippen molar-refractivity contribution in [3.8, 4) is 0 Å². The molecule has 0 N–H and O–H groups in total. The number of hydrogen-bond acceptors (Lipinski definition) is 2. The lowest BCUT2D eigenvalue weighted by atomic mass is 9.73. The van der Waals surface area contributed by atoms with Crippen LogP contribution in [-0.2, 0) is 5.41 Å². The molecule has 31 heavy (non-hydrogen) atoms. The minimum absolute atomic E-state index is 0.0375. The van der Waals surface area contributed by atoms with Crippen LogP contribution >= 0.6 is 15.9 Å². The van der Waals surface area contributed by atoms with Gasteiger partial charge in [-0.2, -0.15) is 0 Å². The van der Waals surface area contributed by atoms with Crippen molar-refractivity contribution in [3.05, 3.63) is 124 Å². The van der Waals surface area contributed by atoms with E-state index in [4.69, 9.17) is 0 Å². The molecular formula is C28H22BrNO. The van der Waals surface area contributed by atoms with Crippen molar-refractivity contribution in [3.63, 3.8) is 0 Å². The Morgan fingerprint density at radius 1 is 0.710 bits per heavy atom. The zero-order valence-electron chi connectivity index (χ0n) is 17.5. The fourth-order valence-electron chi connectivity index (χ4n) is 4.58. The molecule has 0 spiro atoms. The van der Waals surface area contributed by atoms with Crippen molar-refractivity contribution in [1.29, 1.82) is 0 Å². The number of carbonyl (C=O) groups is 1. The first-order valence-corrected chi connectivity index (χ1v) is 11.2. The van der Waals surface area contributed by atoms with E-state index in [1.807, 2.05) is 54.6 Å². The second-order valence-corrected chi connectivity index (χ2v) is 9.21. The van der Waals surface area contributed by atoms with Gasteiger partial charge in [0.25, 0.3) is 0 Å². The van der Waals surface area contributed by atoms with Gasteiger partial charge in [-0.1, -0.05) is 84.4 Å². The lowest BCUT2D eigenvalue weighted by Crippen LogP contribution is -2.31. The van der Waals surface area contributed by atoms with Gasteiger partial charge >= 0.3 is 0 Å². The van der Waals surface area contributed by atoms with E-state index in [1.54, 1.807) is 0 Å². The largest absolute Gasteiger partial charge is 0.310 e. The third-order valence-corrected chi connectivity index (χ3v) is 6.76.